The van der Waals surface area contributed by atoms with Gasteiger partial charge in [-0.15, -0.1) is 11.6 Å². The van der Waals surface area contributed by atoms with E-state index in [1.807, 2.05) is 0 Å². The Labute approximate surface area is 70.6 Å². The van der Waals surface area contributed by atoms with Crippen LogP contribution in [0.5, 0.6) is 0 Å². The Kier molecular flexibility index (Phi) is 1.86. The standard InChI is InChI=1S/C8H10ClNO/c9-4-7-5-10-8(11-7)6-2-1-3-6/h5-6H,1-4H2. The molecule has 0 N–H and O–H groups in total. The molecule has 1 heterocycles. The number of oxazole rings is 1. The van der Waals surface area contributed by atoms with E-state index in [1.165, 1.54) is 19.3 Å². The smallest absolute Gasteiger partial charge is 0.197 e. The normalized spacial score (nSPS) is 18.3. The molecule has 60 valence electrons. The molecule has 0 amide bonds. The molecular weight excluding hydrogens is 162 g/mol. The summed E-state index contributed by atoms with van der Waals surface area (Å²) >= 11 is 5.57. The molecule has 2 rings (SSSR count). The summed E-state index contributed by atoms with van der Waals surface area (Å²) in [5.74, 6) is 2.67. The number of aromatic nitrogens is 1. The van der Waals surface area contributed by atoms with Gasteiger partial charge in [0.2, 0.25) is 0 Å². The topological polar surface area (TPSA) is 26.0 Å². The largest absolute Gasteiger partial charge is 0.444 e. The third-order valence-electron chi connectivity index (χ3n) is 2.16. The van der Waals surface area contributed by atoms with Crippen LogP contribution in [0.25, 0.3) is 0 Å². The quantitative estimate of drug-likeness (QED) is 0.640. The van der Waals surface area contributed by atoms with E-state index in [1.54, 1.807) is 6.20 Å². The van der Waals surface area contributed by atoms with Crippen molar-refractivity contribution >= 4 is 11.6 Å². The van der Waals surface area contributed by atoms with Gasteiger partial charge in [-0.1, -0.05) is 6.42 Å². The van der Waals surface area contributed by atoms with Crippen LogP contribution < -0.4 is 0 Å². The van der Waals surface area contributed by atoms with Gasteiger partial charge in [-0.25, -0.2) is 4.98 Å². The molecule has 0 radical (unpaired) electrons. The minimum absolute atomic E-state index is 0.430. The molecule has 0 aliphatic heterocycles. The van der Waals surface area contributed by atoms with Crippen molar-refractivity contribution < 1.29 is 4.42 Å². The van der Waals surface area contributed by atoms with Crippen LogP contribution in [-0.2, 0) is 5.88 Å². The van der Waals surface area contributed by atoms with E-state index in [0.29, 0.717) is 11.8 Å². The summed E-state index contributed by atoms with van der Waals surface area (Å²) in [4.78, 5) is 4.16. The minimum atomic E-state index is 0.430. The van der Waals surface area contributed by atoms with Crippen LogP contribution >= 0.6 is 11.6 Å². The monoisotopic (exact) mass is 171 g/mol. The van der Waals surface area contributed by atoms with Crippen molar-refractivity contribution in [3.05, 3.63) is 17.8 Å². The third-order valence-corrected chi connectivity index (χ3v) is 2.42. The molecule has 0 atom stereocenters. The fraction of sp³-hybridized carbons (Fsp3) is 0.625. The molecule has 11 heavy (non-hydrogen) atoms. The highest BCUT2D eigenvalue weighted by Gasteiger charge is 2.23. The zero-order valence-electron chi connectivity index (χ0n) is 6.22. The molecule has 0 saturated heterocycles. The highest BCUT2D eigenvalue weighted by atomic mass is 35.5. The van der Waals surface area contributed by atoms with E-state index in [2.05, 4.69) is 4.98 Å². The summed E-state index contributed by atoms with van der Waals surface area (Å²) in [7, 11) is 0. The first-order valence-corrected chi connectivity index (χ1v) is 4.44. The molecule has 0 unspecified atom stereocenters. The molecule has 1 aromatic heterocycles. The first kappa shape index (κ1) is 7.17. The Hall–Kier alpha value is -0.500. The van der Waals surface area contributed by atoms with Crippen LogP contribution in [0.4, 0.5) is 0 Å². The molecule has 1 aromatic rings. The van der Waals surface area contributed by atoms with E-state index >= 15 is 0 Å². The summed E-state index contributed by atoms with van der Waals surface area (Å²) in [6.07, 6.45) is 5.48. The van der Waals surface area contributed by atoms with Crippen LogP contribution in [-0.4, -0.2) is 4.98 Å². The van der Waals surface area contributed by atoms with Crippen LogP contribution in [0.1, 0.15) is 36.8 Å². The zero-order valence-corrected chi connectivity index (χ0v) is 6.97. The van der Waals surface area contributed by atoms with E-state index in [9.17, 15) is 0 Å². The SMILES string of the molecule is ClCc1cnc(C2CCC2)o1. The average molecular weight is 172 g/mol. The Bertz CT molecular complexity index is 242. The lowest BCUT2D eigenvalue weighted by Gasteiger charge is -2.21. The number of hydrogen-bond donors (Lipinski definition) is 0. The van der Waals surface area contributed by atoms with Gasteiger partial charge in [0.15, 0.2) is 5.89 Å². The maximum atomic E-state index is 5.57. The highest BCUT2D eigenvalue weighted by molar-refractivity contribution is 6.16. The van der Waals surface area contributed by atoms with Crippen molar-refractivity contribution in [2.45, 2.75) is 31.1 Å². The molecule has 3 heteroatoms. The van der Waals surface area contributed by atoms with Crippen LogP contribution in [0.3, 0.4) is 0 Å². The van der Waals surface area contributed by atoms with Gasteiger partial charge in [0.05, 0.1) is 12.1 Å². The lowest BCUT2D eigenvalue weighted by molar-refractivity contribution is 0.328. The number of alkyl halides is 1. The summed E-state index contributed by atoms with van der Waals surface area (Å²) in [6, 6.07) is 0. The average Bonchev–Trinajstić information content (AvgIpc) is 2.32. The molecule has 1 saturated carbocycles. The molecule has 0 aromatic carbocycles. The first-order valence-electron chi connectivity index (χ1n) is 3.90. The Balaban J connectivity index is 2.11. The molecular formula is C8H10ClNO. The van der Waals surface area contributed by atoms with Gasteiger partial charge >= 0.3 is 0 Å². The predicted molar refractivity (Wildman–Crippen MR) is 42.7 cm³/mol. The lowest BCUT2D eigenvalue weighted by Crippen LogP contribution is -2.08. The lowest BCUT2D eigenvalue weighted by atomic mass is 9.85. The summed E-state index contributed by atoms with van der Waals surface area (Å²) in [6.45, 7) is 0. The number of hydrogen-bond acceptors (Lipinski definition) is 2. The number of halogens is 1. The van der Waals surface area contributed by atoms with Gasteiger partial charge < -0.3 is 4.42 Å². The summed E-state index contributed by atoms with van der Waals surface area (Å²) < 4.78 is 5.39. The first-order chi connectivity index (χ1) is 5.40. The van der Waals surface area contributed by atoms with Crippen molar-refractivity contribution in [1.29, 1.82) is 0 Å². The Morgan fingerprint density at radius 3 is 2.91 bits per heavy atom. The van der Waals surface area contributed by atoms with E-state index in [0.717, 1.165) is 11.7 Å². The molecule has 0 spiro atoms. The van der Waals surface area contributed by atoms with Crippen molar-refractivity contribution in [2.24, 2.45) is 0 Å². The predicted octanol–water partition coefficient (Wildman–Crippen LogP) is 2.68. The van der Waals surface area contributed by atoms with E-state index in [-0.39, 0.29) is 0 Å². The molecule has 1 aliphatic carbocycles. The van der Waals surface area contributed by atoms with E-state index < -0.39 is 0 Å². The van der Waals surface area contributed by atoms with Crippen molar-refractivity contribution in [2.75, 3.05) is 0 Å². The van der Waals surface area contributed by atoms with Crippen molar-refractivity contribution in [3.63, 3.8) is 0 Å². The van der Waals surface area contributed by atoms with Crippen LogP contribution in [0, 0.1) is 0 Å². The summed E-state index contributed by atoms with van der Waals surface area (Å²) in [5.41, 5.74) is 0. The van der Waals surface area contributed by atoms with Gasteiger partial charge in [-0.3, -0.25) is 0 Å². The number of nitrogens with zero attached hydrogens (tertiary/aromatic N) is 1. The third kappa shape index (κ3) is 1.27. The highest BCUT2D eigenvalue weighted by Crippen LogP contribution is 2.35. The molecule has 0 bridgehead atoms. The second-order valence-corrected chi connectivity index (χ2v) is 3.19. The van der Waals surface area contributed by atoms with Gasteiger partial charge in [0.25, 0.3) is 0 Å². The van der Waals surface area contributed by atoms with Crippen LogP contribution in [0.2, 0.25) is 0 Å². The zero-order chi connectivity index (χ0) is 7.68. The van der Waals surface area contributed by atoms with Crippen molar-refractivity contribution in [1.82, 2.24) is 4.98 Å². The molecule has 2 nitrogen and oxygen atoms in total. The second kappa shape index (κ2) is 2.86. The van der Waals surface area contributed by atoms with Gasteiger partial charge in [-0.2, -0.15) is 0 Å². The maximum Gasteiger partial charge on any atom is 0.197 e. The van der Waals surface area contributed by atoms with E-state index in [4.69, 9.17) is 16.0 Å². The second-order valence-electron chi connectivity index (χ2n) is 2.93. The van der Waals surface area contributed by atoms with Gasteiger partial charge in [-0.05, 0) is 12.8 Å². The van der Waals surface area contributed by atoms with Gasteiger partial charge in [0, 0.05) is 5.92 Å². The minimum Gasteiger partial charge on any atom is -0.444 e. The maximum absolute atomic E-state index is 5.57. The van der Waals surface area contributed by atoms with Crippen molar-refractivity contribution in [3.8, 4) is 0 Å². The van der Waals surface area contributed by atoms with Gasteiger partial charge in [0.1, 0.15) is 5.76 Å². The Morgan fingerprint density at radius 1 is 1.64 bits per heavy atom. The fourth-order valence-electron chi connectivity index (χ4n) is 1.23. The van der Waals surface area contributed by atoms with Crippen LogP contribution in [0.15, 0.2) is 10.6 Å². The Morgan fingerprint density at radius 2 is 2.45 bits per heavy atom. The number of rotatable bonds is 2. The molecule has 1 aliphatic rings. The fourth-order valence-corrected chi connectivity index (χ4v) is 1.35. The molecule has 1 fully saturated rings. The summed E-state index contributed by atoms with van der Waals surface area (Å²) in [5, 5.41) is 0.